The van der Waals surface area contributed by atoms with E-state index in [1.54, 1.807) is 6.20 Å². The molecular weight excluding hydrogens is 324 g/mol. The molecule has 1 aromatic carbocycles. The lowest BCUT2D eigenvalue weighted by Crippen LogP contribution is -2.42. The Kier molecular flexibility index (Phi) is 5.36. The van der Waals surface area contributed by atoms with Gasteiger partial charge in [-0.3, -0.25) is 9.78 Å². The number of amides is 1. The Morgan fingerprint density at radius 1 is 1.21 bits per heavy atom. The van der Waals surface area contributed by atoms with Crippen LogP contribution < -0.4 is 4.74 Å². The molecule has 1 saturated heterocycles. The fourth-order valence-electron chi connectivity index (χ4n) is 2.83. The van der Waals surface area contributed by atoms with Crippen molar-refractivity contribution in [3.63, 3.8) is 0 Å². The summed E-state index contributed by atoms with van der Waals surface area (Å²) in [5.74, 6) is 0.958. The zero-order chi connectivity index (χ0) is 16.9. The summed E-state index contributed by atoms with van der Waals surface area (Å²) in [4.78, 5) is 18.6. The smallest absolute Gasteiger partial charge is 0.226 e. The molecule has 24 heavy (non-hydrogen) atoms. The molecule has 0 radical (unpaired) electrons. The molecule has 2 aromatic rings. The highest BCUT2D eigenvalue weighted by atomic mass is 35.5. The summed E-state index contributed by atoms with van der Waals surface area (Å²) in [7, 11) is 0. The highest BCUT2D eigenvalue weighted by Crippen LogP contribution is 2.19. The van der Waals surface area contributed by atoms with Crippen molar-refractivity contribution in [1.82, 2.24) is 9.88 Å². The van der Waals surface area contributed by atoms with Gasteiger partial charge in [0.25, 0.3) is 0 Å². The van der Waals surface area contributed by atoms with E-state index in [0.29, 0.717) is 11.4 Å². The third-order valence-electron chi connectivity index (χ3n) is 4.25. The largest absolute Gasteiger partial charge is 0.489 e. The summed E-state index contributed by atoms with van der Waals surface area (Å²) in [6.07, 6.45) is 4.02. The van der Waals surface area contributed by atoms with Crippen molar-refractivity contribution >= 4 is 17.5 Å². The second-order valence-corrected chi connectivity index (χ2v) is 6.57. The summed E-state index contributed by atoms with van der Waals surface area (Å²) >= 11 is 5.87. The van der Waals surface area contributed by atoms with E-state index in [1.165, 1.54) is 0 Å². The van der Waals surface area contributed by atoms with E-state index in [0.717, 1.165) is 42.9 Å². The van der Waals surface area contributed by atoms with Crippen LogP contribution in [0.3, 0.4) is 0 Å². The van der Waals surface area contributed by atoms with Crippen molar-refractivity contribution in [2.45, 2.75) is 32.3 Å². The van der Waals surface area contributed by atoms with Gasteiger partial charge in [0, 0.05) is 36.6 Å². The topological polar surface area (TPSA) is 42.4 Å². The third kappa shape index (κ3) is 4.48. The highest BCUT2D eigenvalue weighted by molar-refractivity contribution is 6.30. The van der Waals surface area contributed by atoms with Crippen LogP contribution in [0.25, 0.3) is 0 Å². The van der Waals surface area contributed by atoms with Gasteiger partial charge in [0.2, 0.25) is 5.91 Å². The molecule has 2 heterocycles. The van der Waals surface area contributed by atoms with Gasteiger partial charge in [-0.2, -0.15) is 0 Å². The monoisotopic (exact) mass is 344 g/mol. The molecule has 1 amide bonds. The lowest BCUT2D eigenvalue weighted by molar-refractivity contribution is -0.132. The number of pyridine rings is 1. The first-order valence-corrected chi connectivity index (χ1v) is 8.59. The standard InChI is InChI=1S/C19H21ClN2O2/c1-14-2-7-18(13-21-14)24-17-8-10-22(11-9-17)19(23)12-15-3-5-16(20)6-4-15/h2-7,13,17H,8-12H2,1H3. The number of likely N-dealkylation sites (tertiary alicyclic amines) is 1. The summed E-state index contributed by atoms with van der Waals surface area (Å²) in [6.45, 7) is 3.42. The maximum Gasteiger partial charge on any atom is 0.226 e. The van der Waals surface area contributed by atoms with Crippen molar-refractivity contribution < 1.29 is 9.53 Å². The number of halogens is 1. The average Bonchev–Trinajstić information content (AvgIpc) is 2.59. The van der Waals surface area contributed by atoms with Gasteiger partial charge >= 0.3 is 0 Å². The Morgan fingerprint density at radius 2 is 1.92 bits per heavy atom. The fourth-order valence-corrected chi connectivity index (χ4v) is 2.95. The van der Waals surface area contributed by atoms with Crippen LogP contribution in [-0.4, -0.2) is 35.0 Å². The SMILES string of the molecule is Cc1ccc(OC2CCN(C(=O)Cc3ccc(Cl)cc3)CC2)cn1. The number of hydrogen-bond donors (Lipinski definition) is 0. The number of piperidine rings is 1. The van der Waals surface area contributed by atoms with Crippen molar-refractivity contribution in [3.05, 3.63) is 58.9 Å². The number of rotatable bonds is 4. The van der Waals surface area contributed by atoms with Gasteiger partial charge in [0.1, 0.15) is 11.9 Å². The molecule has 5 heteroatoms. The molecule has 0 aliphatic carbocycles. The summed E-state index contributed by atoms with van der Waals surface area (Å²) in [6, 6.07) is 11.3. The second-order valence-electron chi connectivity index (χ2n) is 6.14. The molecule has 1 fully saturated rings. The van der Waals surface area contributed by atoms with Gasteiger partial charge in [-0.05, 0) is 36.8 Å². The maximum atomic E-state index is 12.4. The van der Waals surface area contributed by atoms with Gasteiger partial charge in [-0.25, -0.2) is 0 Å². The quantitative estimate of drug-likeness (QED) is 0.850. The van der Waals surface area contributed by atoms with E-state index in [2.05, 4.69) is 4.98 Å². The van der Waals surface area contributed by atoms with E-state index >= 15 is 0 Å². The van der Waals surface area contributed by atoms with E-state index < -0.39 is 0 Å². The normalized spacial score (nSPS) is 15.3. The minimum atomic E-state index is 0.147. The molecule has 0 unspecified atom stereocenters. The summed E-state index contributed by atoms with van der Waals surface area (Å²) < 4.78 is 5.95. The third-order valence-corrected chi connectivity index (χ3v) is 4.50. The molecule has 3 rings (SSSR count). The van der Waals surface area contributed by atoms with E-state index in [9.17, 15) is 4.79 Å². The van der Waals surface area contributed by atoms with Crippen LogP contribution in [0, 0.1) is 6.92 Å². The molecule has 1 aliphatic heterocycles. The van der Waals surface area contributed by atoms with Crippen molar-refractivity contribution in [1.29, 1.82) is 0 Å². The van der Waals surface area contributed by atoms with Crippen LogP contribution in [0.15, 0.2) is 42.6 Å². The number of hydrogen-bond acceptors (Lipinski definition) is 3. The Morgan fingerprint density at radius 3 is 2.54 bits per heavy atom. The molecule has 0 saturated carbocycles. The number of carbonyl (C=O) groups is 1. The second kappa shape index (κ2) is 7.67. The van der Waals surface area contributed by atoms with Gasteiger partial charge in [0.15, 0.2) is 0 Å². The number of aryl methyl sites for hydroxylation is 1. The molecule has 0 N–H and O–H groups in total. The van der Waals surface area contributed by atoms with Gasteiger partial charge in [-0.1, -0.05) is 23.7 Å². The molecule has 0 spiro atoms. The molecular formula is C19H21ClN2O2. The molecule has 0 bridgehead atoms. The van der Waals surface area contributed by atoms with Gasteiger partial charge in [0.05, 0.1) is 12.6 Å². The van der Waals surface area contributed by atoms with Crippen LogP contribution in [-0.2, 0) is 11.2 Å². The Labute approximate surface area is 147 Å². The number of ether oxygens (including phenoxy) is 1. The number of benzene rings is 1. The van der Waals surface area contributed by atoms with E-state index in [1.807, 2.05) is 48.2 Å². The van der Waals surface area contributed by atoms with Crippen LogP contribution >= 0.6 is 11.6 Å². The van der Waals surface area contributed by atoms with Gasteiger partial charge < -0.3 is 9.64 Å². The zero-order valence-electron chi connectivity index (χ0n) is 13.7. The van der Waals surface area contributed by atoms with Crippen LogP contribution in [0.5, 0.6) is 5.75 Å². The van der Waals surface area contributed by atoms with Crippen molar-refractivity contribution in [2.24, 2.45) is 0 Å². The average molecular weight is 345 g/mol. The lowest BCUT2D eigenvalue weighted by atomic mass is 10.1. The summed E-state index contributed by atoms with van der Waals surface area (Å²) in [5.41, 5.74) is 1.97. The van der Waals surface area contributed by atoms with Crippen LogP contribution in [0.1, 0.15) is 24.1 Å². The molecule has 126 valence electrons. The predicted octanol–water partition coefficient (Wildman–Crippen LogP) is 3.66. The highest BCUT2D eigenvalue weighted by Gasteiger charge is 2.24. The number of carbonyl (C=O) groups excluding carboxylic acids is 1. The number of aromatic nitrogens is 1. The van der Waals surface area contributed by atoms with Crippen LogP contribution in [0.4, 0.5) is 0 Å². The summed E-state index contributed by atoms with van der Waals surface area (Å²) in [5, 5.41) is 0.690. The van der Waals surface area contributed by atoms with E-state index in [4.69, 9.17) is 16.3 Å². The Balaban J connectivity index is 1.48. The van der Waals surface area contributed by atoms with Crippen LogP contribution in [0.2, 0.25) is 5.02 Å². The lowest BCUT2D eigenvalue weighted by Gasteiger charge is -2.32. The predicted molar refractivity (Wildman–Crippen MR) is 94.4 cm³/mol. The molecule has 0 atom stereocenters. The Hall–Kier alpha value is -2.07. The first kappa shape index (κ1) is 16.8. The molecule has 1 aliphatic rings. The zero-order valence-corrected chi connectivity index (χ0v) is 14.5. The minimum absolute atomic E-state index is 0.147. The van der Waals surface area contributed by atoms with Gasteiger partial charge in [-0.15, -0.1) is 0 Å². The maximum absolute atomic E-state index is 12.4. The first-order chi connectivity index (χ1) is 11.6. The molecule has 4 nitrogen and oxygen atoms in total. The first-order valence-electron chi connectivity index (χ1n) is 8.22. The fraction of sp³-hybridized carbons (Fsp3) is 0.368. The van der Waals surface area contributed by atoms with E-state index in [-0.39, 0.29) is 12.0 Å². The number of nitrogens with zero attached hydrogens (tertiary/aromatic N) is 2. The van der Waals surface area contributed by atoms with Crippen molar-refractivity contribution in [2.75, 3.05) is 13.1 Å². The molecule has 1 aromatic heterocycles. The minimum Gasteiger partial charge on any atom is -0.489 e. The van der Waals surface area contributed by atoms with Crippen molar-refractivity contribution in [3.8, 4) is 5.75 Å². The Bertz CT molecular complexity index is 678.